The average molecular weight is 230 g/mol. The zero-order valence-corrected chi connectivity index (χ0v) is 10.2. The number of amides is 1. The van der Waals surface area contributed by atoms with Crippen LogP contribution in [0.4, 0.5) is 0 Å². The molecule has 0 radical (unpaired) electrons. The second kappa shape index (κ2) is 4.45. The SMILES string of the molecule is CC1OCCC1NC(=O)C(C)(C)C(N)=S. The lowest BCUT2D eigenvalue weighted by Crippen LogP contribution is -2.50. The Bertz CT molecular complexity index is 279. The molecule has 0 bridgehead atoms. The van der Waals surface area contributed by atoms with Crippen LogP contribution in [-0.4, -0.2) is 29.6 Å². The Morgan fingerprint density at radius 2 is 2.20 bits per heavy atom. The van der Waals surface area contributed by atoms with E-state index in [9.17, 15) is 4.79 Å². The summed E-state index contributed by atoms with van der Waals surface area (Å²) in [7, 11) is 0. The van der Waals surface area contributed by atoms with Crippen molar-refractivity contribution < 1.29 is 9.53 Å². The summed E-state index contributed by atoms with van der Waals surface area (Å²) in [5.74, 6) is -0.127. The van der Waals surface area contributed by atoms with Crippen molar-refractivity contribution in [2.45, 2.75) is 39.3 Å². The minimum Gasteiger partial charge on any atom is -0.392 e. The smallest absolute Gasteiger partial charge is 0.232 e. The summed E-state index contributed by atoms with van der Waals surface area (Å²) in [6, 6.07) is 0.0751. The Morgan fingerprint density at radius 1 is 1.60 bits per heavy atom. The molecular weight excluding hydrogens is 212 g/mol. The molecule has 5 heteroatoms. The first-order valence-electron chi connectivity index (χ1n) is 5.08. The molecule has 0 aliphatic carbocycles. The van der Waals surface area contributed by atoms with Crippen LogP contribution in [0.1, 0.15) is 27.2 Å². The van der Waals surface area contributed by atoms with Crippen LogP contribution in [0.5, 0.6) is 0 Å². The van der Waals surface area contributed by atoms with Gasteiger partial charge in [-0.25, -0.2) is 0 Å². The molecule has 1 amide bonds. The maximum Gasteiger partial charge on any atom is 0.232 e. The molecule has 0 aromatic rings. The summed E-state index contributed by atoms with van der Waals surface area (Å²) in [6.07, 6.45) is 0.913. The van der Waals surface area contributed by atoms with Crippen molar-refractivity contribution in [3.8, 4) is 0 Å². The van der Waals surface area contributed by atoms with Crippen molar-refractivity contribution in [2.75, 3.05) is 6.61 Å². The Kier molecular flexibility index (Phi) is 3.67. The predicted octanol–water partition coefficient (Wildman–Crippen LogP) is 0.592. The Balaban J connectivity index is 2.59. The molecule has 1 fully saturated rings. The zero-order chi connectivity index (χ0) is 11.6. The fourth-order valence-electron chi connectivity index (χ4n) is 1.38. The quantitative estimate of drug-likeness (QED) is 0.697. The van der Waals surface area contributed by atoms with Crippen LogP contribution < -0.4 is 11.1 Å². The van der Waals surface area contributed by atoms with Crippen LogP contribution in [0.15, 0.2) is 0 Å². The maximum absolute atomic E-state index is 11.9. The highest BCUT2D eigenvalue weighted by Gasteiger charge is 2.34. The molecule has 1 saturated heterocycles. The van der Waals surface area contributed by atoms with Gasteiger partial charge in [0.1, 0.15) is 0 Å². The molecule has 0 aromatic heterocycles. The average Bonchev–Trinajstić information content (AvgIpc) is 2.51. The van der Waals surface area contributed by atoms with E-state index in [-0.39, 0.29) is 23.0 Å². The van der Waals surface area contributed by atoms with Gasteiger partial charge in [0.05, 0.1) is 22.5 Å². The number of nitrogens with one attached hydrogen (secondary N) is 1. The molecule has 2 unspecified atom stereocenters. The molecule has 0 spiro atoms. The van der Waals surface area contributed by atoms with Crippen molar-refractivity contribution in [2.24, 2.45) is 11.1 Å². The monoisotopic (exact) mass is 230 g/mol. The van der Waals surface area contributed by atoms with E-state index in [2.05, 4.69) is 5.32 Å². The van der Waals surface area contributed by atoms with Crippen molar-refractivity contribution in [1.82, 2.24) is 5.32 Å². The van der Waals surface area contributed by atoms with Crippen LogP contribution in [0.25, 0.3) is 0 Å². The summed E-state index contributed by atoms with van der Waals surface area (Å²) in [5, 5.41) is 2.92. The van der Waals surface area contributed by atoms with E-state index in [4.69, 9.17) is 22.7 Å². The van der Waals surface area contributed by atoms with Crippen LogP contribution in [0.2, 0.25) is 0 Å². The molecular formula is C10H18N2O2S. The van der Waals surface area contributed by atoms with Gasteiger partial charge in [-0.15, -0.1) is 0 Å². The maximum atomic E-state index is 11.9. The van der Waals surface area contributed by atoms with Gasteiger partial charge in [0.2, 0.25) is 5.91 Å². The fourth-order valence-corrected chi connectivity index (χ4v) is 1.47. The number of nitrogens with two attached hydrogens (primary N) is 1. The minimum absolute atomic E-state index is 0.0658. The second-order valence-electron chi connectivity index (χ2n) is 4.43. The molecule has 15 heavy (non-hydrogen) atoms. The largest absolute Gasteiger partial charge is 0.392 e. The highest BCUT2D eigenvalue weighted by atomic mass is 32.1. The van der Waals surface area contributed by atoms with Gasteiger partial charge in [0.25, 0.3) is 0 Å². The zero-order valence-electron chi connectivity index (χ0n) is 9.37. The van der Waals surface area contributed by atoms with Crippen molar-refractivity contribution >= 4 is 23.1 Å². The van der Waals surface area contributed by atoms with Crippen molar-refractivity contribution in [3.63, 3.8) is 0 Å². The van der Waals surface area contributed by atoms with Crippen LogP contribution in [0, 0.1) is 5.41 Å². The van der Waals surface area contributed by atoms with E-state index >= 15 is 0 Å². The van der Waals surface area contributed by atoms with Gasteiger partial charge in [-0.3, -0.25) is 4.79 Å². The van der Waals surface area contributed by atoms with E-state index in [1.165, 1.54) is 0 Å². The molecule has 86 valence electrons. The molecule has 0 aromatic carbocycles. The summed E-state index contributed by atoms with van der Waals surface area (Å²) in [4.78, 5) is 12.1. The molecule has 4 nitrogen and oxygen atoms in total. The Labute approximate surface area is 95.5 Å². The summed E-state index contributed by atoms with van der Waals surface area (Å²) >= 11 is 4.86. The van der Waals surface area contributed by atoms with Gasteiger partial charge in [-0.2, -0.15) is 0 Å². The molecule has 1 rings (SSSR count). The lowest BCUT2D eigenvalue weighted by Gasteiger charge is -2.25. The third-order valence-electron chi connectivity index (χ3n) is 2.88. The molecule has 1 heterocycles. The molecule has 0 saturated carbocycles. The minimum atomic E-state index is -0.794. The van der Waals surface area contributed by atoms with E-state index in [1.54, 1.807) is 13.8 Å². The van der Waals surface area contributed by atoms with Crippen LogP contribution in [0.3, 0.4) is 0 Å². The number of carbonyl (C=O) groups is 1. The molecule has 1 aliphatic rings. The van der Waals surface area contributed by atoms with Gasteiger partial charge in [-0.1, -0.05) is 12.2 Å². The predicted molar refractivity (Wildman–Crippen MR) is 62.5 cm³/mol. The van der Waals surface area contributed by atoms with Gasteiger partial charge in [0, 0.05) is 6.61 Å². The first-order valence-corrected chi connectivity index (χ1v) is 5.49. The van der Waals surface area contributed by atoms with E-state index < -0.39 is 5.41 Å². The lowest BCUT2D eigenvalue weighted by atomic mass is 9.91. The number of ether oxygens (including phenoxy) is 1. The van der Waals surface area contributed by atoms with Crippen LogP contribution in [-0.2, 0) is 9.53 Å². The summed E-state index contributed by atoms with van der Waals surface area (Å²) < 4.78 is 5.36. The third kappa shape index (κ3) is 2.66. The highest BCUT2D eigenvalue weighted by Crippen LogP contribution is 2.19. The molecule has 2 atom stereocenters. The number of rotatable bonds is 3. The summed E-state index contributed by atoms with van der Waals surface area (Å²) in [5.41, 5.74) is 4.73. The normalized spacial score (nSPS) is 26.3. The highest BCUT2D eigenvalue weighted by molar-refractivity contribution is 7.80. The Morgan fingerprint density at radius 3 is 2.60 bits per heavy atom. The van der Waals surface area contributed by atoms with Crippen molar-refractivity contribution in [1.29, 1.82) is 0 Å². The number of hydrogen-bond acceptors (Lipinski definition) is 3. The lowest BCUT2D eigenvalue weighted by molar-refractivity contribution is -0.127. The standard InChI is InChI=1S/C10H18N2O2S/c1-6-7(4-5-14-6)12-9(13)10(2,3)8(11)15/h6-7H,4-5H2,1-3H3,(H2,11,15)(H,12,13). The number of thiocarbonyl (C=S) groups is 1. The first kappa shape index (κ1) is 12.4. The summed E-state index contributed by atoms with van der Waals surface area (Å²) in [6.45, 7) is 6.10. The topological polar surface area (TPSA) is 64.3 Å². The Hall–Kier alpha value is -0.680. The van der Waals surface area contributed by atoms with Gasteiger partial charge >= 0.3 is 0 Å². The van der Waals surface area contributed by atoms with Crippen LogP contribution >= 0.6 is 12.2 Å². The van der Waals surface area contributed by atoms with E-state index in [1.807, 2.05) is 6.92 Å². The third-order valence-corrected chi connectivity index (χ3v) is 3.39. The number of carbonyl (C=O) groups excluding carboxylic acids is 1. The van der Waals surface area contributed by atoms with Gasteiger partial charge in [0.15, 0.2) is 0 Å². The van der Waals surface area contributed by atoms with Crippen molar-refractivity contribution in [3.05, 3.63) is 0 Å². The van der Waals surface area contributed by atoms with E-state index in [0.29, 0.717) is 6.61 Å². The second-order valence-corrected chi connectivity index (χ2v) is 4.87. The fraction of sp³-hybridized carbons (Fsp3) is 0.800. The molecule has 3 N–H and O–H groups in total. The molecule has 1 aliphatic heterocycles. The van der Waals surface area contributed by atoms with Gasteiger partial charge < -0.3 is 15.8 Å². The first-order chi connectivity index (χ1) is 6.85. The van der Waals surface area contributed by atoms with Gasteiger partial charge in [-0.05, 0) is 27.2 Å². The van der Waals surface area contributed by atoms with E-state index in [0.717, 1.165) is 6.42 Å². The number of hydrogen-bond donors (Lipinski definition) is 2.